The van der Waals surface area contributed by atoms with Crippen molar-refractivity contribution in [3.8, 4) is 0 Å². The van der Waals surface area contributed by atoms with E-state index in [1.165, 1.54) is 0 Å². The molecule has 0 atom stereocenters. The van der Waals surface area contributed by atoms with Crippen molar-refractivity contribution >= 4 is 28.9 Å². The number of halogens is 1. The first-order chi connectivity index (χ1) is 9.40. The van der Waals surface area contributed by atoms with Crippen LogP contribution in [0.1, 0.15) is 26.7 Å². The number of nitrogens with zero attached hydrogens (tertiary/aromatic N) is 1. The van der Waals surface area contributed by atoms with Gasteiger partial charge in [0.25, 0.3) is 0 Å². The van der Waals surface area contributed by atoms with Gasteiger partial charge in [0.1, 0.15) is 0 Å². The Bertz CT molecular complexity index is 447. The van der Waals surface area contributed by atoms with Crippen LogP contribution in [-0.4, -0.2) is 32.6 Å². The molecule has 20 heavy (non-hydrogen) atoms. The Hall–Kier alpha value is -1.26. The Morgan fingerprint density at radius 1 is 1.35 bits per heavy atom. The average Bonchev–Trinajstić information content (AvgIpc) is 2.34. The van der Waals surface area contributed by atoms with E-state index >= 15 is 0 Å². The summed E-state index contributed by atoms with van der Waals surface area (Å²) in [6, 6.07) is 6.00. The minimum atomic E-state index is 0.0178. The number of anilines is 2. The quantitative estimate of drug-likeness (QED) is 0.760. The summed E-state index contributed by atoms with van der Waals surface area (Å²) in [6.07, 6.45) is 1.33. The summed E-state index contributed by atoms with van der Waals surface area (Å²) in [6.45, 7) is 5.04. The van der Waals surface area contributed by atoms with Gasteiger partial charge in [-0.1, -0.05) is 25.4 Å². The molecule has 0 fully saturated rings. The van der Waals surface area contributed by atoms with Crippen LogP contribution in [0.25, 0.3) is 0 Å². The van der Waals surface area contributed by atoms with E-state index < -0.39 is 0 Å². The number of carbonyl (C=O) groups excluding carboxylic acids is 1. The molecule has 0 aromatic heterocycles. The fourth-order valence-corrected chi connectivity index (χ4v) is 2.16. The van der Waals surface area contributed by atoms with Gasteiger partial charge in [-0.2, -0.15) is 0 Å². The number of benzene rings is 1. The van der Waals surface area contributed by atoms with E-state index in [4.69, 9.17) is 11.6 Å². The smallest absolute Gasteiger partial charge is 0.224 e. The van der Waals surface area contributed by atoms with E-state index in [0.29, 0.717) is 17.5 Å². The fraction of sp³-hybridized carbons (Fsp3) is 0.533. The monoisotopic (exact) mass is 297 g/mol. The van der Waals surface area contributed by atoms with Crippen molar-refractivity contribution in [1.82, 2.24) is 5.32 Å². The Morgan fingerprint density at radius 2 is 2.05 bits per heavy atom. The molecule has 1 amide bonds. The highest BCUT2D eigenvalue weighted by Crippen LogP contribution is 2.27. The molecule has 0 heterocycles. The Balaban J connectivity index is 2.44. The van der Waals surface area contributed by atoms with Crippen LogP contribution in [-0.2, 0) is 4.79 Å². The molecule has 0 aliphatic rings. The Labute approximate surface area is 126 Å². The number of nitrogens with one attached hydrogen (secondary N) is 2. The standard InChI is InChI=1S/C15H24ClN3O/c1-11(2)17-9-5-6-15(20)18-12-7-8-14(19(3)4)13(16)10-12/h7-8,10-11,17H,5-6,9H2,1-4H3,(H,18,20). The highest BCUT2D eigenvalue weighted by Gasteiger charge is 2.06. The summed E-state index contributed by atoms with van der Waals surface area (Å²) in [5.41, 5.74) is 1.67. The second kappa shape index (κ2) is 8.12. The van der Waals surface area contributed by atoms with Gasteiger partial charge in [-0.25, -0.2) is 0 Å². The summed E-state index contributed by atoms with van der Waals surface area (Å²) in [5.74, 6) is 0.0178. The van der Waals surface area contributed by atoms with Crippen LogP contribution in [0.3, 0.4) is 0 Å². The summed E-state index contributed by atoms with van der Waals surface area (Å²) in [5, 5.41) is 6.79. The van der Waals surface area contributed by atoms with E-state index in [1.807, 2.05) is 31.1 Å². The second-order valence-electron chi connectivity index (χ2n) is 5.32. The average molecular weight is 298 g/mol. The summed E-state index contributed by atoms with van der Waals surface area (Å²) in [7, 11) is 3.86. The number of carbonyl (C=O) groups is 1. The van der Waals surface area contributed by atoms with E-state index in [9.17, 15) is 4.79 Å². The second-order valence-corrected chi connectivity index (χ2v) is 5.73. The minimum Gasteiger partial charge on any atom is -0.376 e. The zero-order chi connectivity index (χ0) is 15.1. The molecule has 0 spiro atoms. The molecule has 112 valence electrons. The molecular weight excluding hydrogens is 274 g/mol. The van der Waals surface area contributed by atoms with Crippen LogP contribution < -0.4 is 15.5 Å². The number of rotatable bonds is 7. The highest BCUT2D eigenvalue weighted by molar-refractivity contribution is 6.33. The molecule has 4 nitrogen and oxygen atoms in total. The minimum absolute atomic E-state index is 0.0178. The van der Waals surface area contributed by atoms with Crippen molar-refractivity contribution < 1.29 is 4.79 Å². The lowest BCUT2D eigenvalue weighted by Gasteiger charge is -2.15. The molecule has 0 bridgehead atoms. The van der Waals surface area contributed by atoms with Gasteiger partial charge in [-0.3, -0.25) is 4.79 Å². The predicted octanol–water partition coefficient (Wildman–Crippen LogP) is 3.12. The number of hydrogen-bond acceptors (Lipinski definition) is 3. The first kappa shape index (κ1) is 16.8. The van der Waals surface area contributed by atoms with Crippen molar-refractivity contribution in [3.05, 3.63) is 23.2 Å². The van der Waals surface area contributed by atoms with Crippen molar-refractivity contribution in [2.75, 3.05) is 30.9 Å². The van der Waals surface area contributed by atoms with Gasteiger partial charge < -0.3 is 15.5 Å². The fourth-order valence-electron chi connectivity index (χ4n) is 1.81. The lowest BCUT2D eigenvalue weighted by molar-refractivity contribution is -0.116. The molecule has 0 radical (unpaired) electrons. The molecule has 1 aromatic rings. The van der Waals surface area contributed by atoms with Crippen molar-refractivity contribution in [2.24, 2.45) is 0 Å². The van der Waals surface area contributed by atoms with Crippen molar-refractivity contribution in [3.63, 3.8) is 0 Å². The molecular formula is C15H24ClN3O. The van der Waals surface area contributed by atoms with Gasteiger partial charge in [0.15, 0.2) is 0 Å². The number of hydrogen-bond donors (Lipinski definition) is 2. The lowest BCUT2D eigenvalue weighted by Crippen LogP contribution is -2.24. The third-order valence-electron chi connectivity index (χ3n) is 2.85. The van der Waals surface area contributed by atoms with Gasteiger partial charge in [0.05, 0.1) is 10.7 Å². The highest BCUT2D eigenvalue weighted by atomic mass is 35.5. The predicted molar refractivity (Wildman–Crippen MR) is 86.8 cm³/mol. The maximum atomic E-state index is 11.8. The third kappa shape index (κ3) is 5.80. The van der Waals surface area contributed by atoms with Crippen LogP contribution in [0.5, 0.6) is 0 Å². The maximum Gasteiger partial charge on any atom is 0.224 e. The molecule has 1 aromatic carbocycles. The SMILES string of the molecule is CC(C)NCCCC(=O)Nc1ccc(N(C)C)c(Cl)c1. The Morgan fingerprint density at radius 3 is 2.60 bits per heavy atom. The molecule has 5 heteroatoms. The molecule has 0 saturated carbocycles. The van der Waals surface area contributed by atoms with Crippen molar-refractivity contribution in [1.29, 1.82) is 0 Å². The molecule has 2 N–H and O–H groups in total. The lowest BCUT2D eigenvalue weighted by atomic mass is 10.2. The summed E-state index contributed by atoms with van der Waals surface area (Å²) >= 11 is 6.17. The zero-order valence-corrected chi connectivity index (χ0v) is 13.4. The molecule has 0 saturated heterocycles. The molecule has 0 aliphatic heterocycles. The van der Waals surface area contributed by atoms with Crippen molar-refractivity contribution in [2.45, 2.75) is 32.7 Å². The normalized spacial score (nSPS) is 10.7. The molecule has 0 aliphatic carbocycles. The zero-order valence-electron chi connectivity index (χ0n) is 12.7. The van der Waals surface area contributed by atoms with Crippen LogP contribution in [0.4, 0.5) is 11.4 Å². The van der Waals surface area contributed by atoms with Crippen LogP contribution >= 0.6 is 11.6 Å². The van der Waals surface area contributed by atoms with E-state index in [-0.39, 0.29) is 5.91 Å². The van der Waals surface area contributed by atoms with Gasteiger partial charge in [-0.05, 0) is 31.2 Å². The molecule has 1 rings (SSSR count). The van der Waals surface area contributed by atoms with E-state index in [1.54, 1.807) is 6.07 Å². The van der Waals surface area contributed by atoms with E-state index in [2.05, 4.69) is 24.5 Å². The summed E-state index contributed by atoms with van der Waals surface area (Å²) in [4.78, 5) is 13.7. The third-order valence-corrected chi connectivity index (χ3v) is 3.15. The molecule has 0 unspecified atom stereocenters. The van der Waals surface area contributed by atoms with E-state index in [0.717, 1.165) is 24.3 Å². The number of amides is 1. The largest absolute Gasteiger partial charge is 0.376 e. The Kier molecular flexibility index (Phi) is 6.82. The summed E-state index contributed by atoms with van der Waals surface area (Å²) < 4.78 is 0. The maximum absolute atomic E-state index is 11.8. The van der Waals surface area contributed by atoms with Gasteiger partial charge in [0, 0.05) is 32.2 Å². The first-order valence-electron chi connectivity index (χ1n) is 6.90. The van der Waals surface area contributed by atoms with Gasteiger partial charge >= 0.3 is 0 Å². The van der Waals surface area contributed by atoms with Crippen LogP contribution in [0, 0.1) is 0 Å². The van der Waals surface area contributed by atoms with Gasteiger partial charge in [-0.15, -0.1) is 0 Å². The van der Waals surface area contributed by atoms with Crippen LogP contribution in [0.15, 0.2) is 18.2 Å². The van der Waals surface area contributed by atoms with Crippen LogP contribution in [0.2, 0.25) is 5.02 Å². The first-order valence-corrected chi connectivity index (χ1v) is 7.28. The topological polar surface area (TPSA) is 44.4 Å². The van der Waals surface area contributed by atoms with Gasteiger partial charge in [0.2, 0.25) is 5.91 Å².